The van der Waals surface area contributed by atoms with Gasteiger partial charge in [-0.3, -0.25) is 9.48 Å². The van der Waals surface area contributed by atoms with Gasteiger partial charge in [0.15, 0.2) is 0 Å². The van der Waals surface area contributed by atoms with Gasteiger partial charge in [0.2, 0.25) is 0 Å². The van der Waals surface area contributed by atoms with E-state index in [1.807, 2.05) is 13.8 Å². The van der Waals surface area contributed by atoms with Crippen LogP contribution in [0.4, 0.5) is 4.39 Å². The van der Waals surface area contributed by atoms with E-state index in [0.29, 0.717) is 17.3 Å². The minimum atomic E-state index is -0.278. The predicted molar refractivity (Wildman–Crippen MR) is 83.5 cm³/mol. The Balaban J connectivity index is 1.97. The van der Waals surface area contributed by atoms with Crippen LogP contribution in [0.15, 0.2) is 29.2 Å². The molecule has 2 rings (SSSR count). The topological polar surface area (TPSA) is 34.9 Å². The second-order valence-electron chi connectivity index (χ2n) is 4.62. The molecule has 1 aromatic carbocycles. The van der Waals surface area contributed by atoms with Crippen LogP contribution in [-0.4, -0.2) is 21.3 Å². The number of carbonyl (C=O) groups is 1. The summed E-state index contributed by atoms with van der Waals surface area (Å²) in [6, 6.07) is 6.11. The third kappa shape index (κ3) is 4.08. The zero-order valence-electron chi connectivity index (χ0n) is 11.9. The first-order valence-corrected chi connectivity index (χ1v) is 7.99. The number of carbonyl (C=O) groups excluding carboxylic acids is 1. The average Bonchev–Trinajstić information content (AvgIpc) is 2.74. The highest BCUT2D eigenvalue weighted by atomic mass is 35.5. The number of hydrogen-bond acceptors (Lipinski definition) is 3. The van der Waals surface area contributed by atoms with E-state index in [2.05, 4.69) is 5.10 Å². The van der Waals surface area contributed by atoms with E-state index in [-0.39, 0.29) is 18.0 Å². The van der Waals surface area contributed by atoms with E-state index >= 15 is 0 Å². The Morgan fingerprint density at radius 3 is 2.67 bits per heavy atom. The lowest BCUT2D eigenvalue weighted by atomic mass is 10.2. The highest BCUT2D eigenvalue weighted by Crippen LogP contribution is 2.23. The lowest BCUT2D eigenvalue weighted by Crippen LogP contribution is -2.11. The highest BCUT2D eigenvalue weighted by Gasteiger charge is 2.16. The number of aromatic nitrogens is 2. The number of rotatable bonds is 6. The molecule has 0 radical (unpaired) electrons. The van der Waals surface area contributed by atoms with Crippen LogP contribution in [0.5, 0.6) is 0 Å². The molecule has 0 unspecified atom stereocenters. The van der Waals surface area contributed by atoms with E-state index in [4.69, 9.17) is 11.6 Å². The molecule has 0 aliphatic rings. The van der Waals surface area contributed by atoms with Crippen molar-refractivity contribution in [1.82, 2.24) is 9.78 Å². The van der Waals surface area contributed by atoms with Crippen LogP contribution in [0, 0.1) is 12.7 Å². The van der Waals surface area contributed by atoms with Gasteiger partial charge in [0, 0.05) is 11.4 Å². The van der Waals surface area contributed by atoms with Gasteiger partial charge >= 0.3 is 0 Å². The van der Waals surface area contributed by atoms with Gasteiger partial charge in [-0.15, -0.1) is 11.8 Å². The second-order valence-corrected chi connectivity index (χ2v) is 6.05. The zero-order valence-corrected chi connectivity index (χ0v) is 13.5. The van der Waals surface area contributed by atoms with Crippen molar-refractivity contribution in [3.8, 4) is 0 Å². The Morgan fingerprint density at radius 1 is 1.38 bits per heavy atom. The number of nitrogens with zero attached hydrogens (tertiary/aromatic N) is 2. The van der Waals surface area contributed by atoms with Gasteiger partial charge in [-0.05, 0) is 38.1 Å². The van der Waals surface area contributed by atoms with Crippen molar-refractivity contribution in [2.75, 3.05) is 5.75 Å². The van der Waals surface area contributed by atoms with Crippen LogP contribution in [0.2, 0.25) is 5.02 Å². The minimum Gasteiger partial charge on any atom is -0.298 e. The standard InChI is InChI=1S/C15H16ClFN2OS/c1-3-19-14(15(16)10(2)18-19)8-12(20)9-21-13-6-4-11(17)5-7-13/h4-7H,3,8-9H2,1-2H3. The van der Waals surface area contributed by atoms with E-state index < -0.39 is 0 Å². The van der Waals surface area contributed by atoms with E-state index in [9.17, 15) is 9.18 Å². The number of thioether (sulfide) groups is 1. The summed E-state index contributed by atoms with van der Waals surface area (Å²) < 4.78 is 14.6. The molecule has 0 aliphatic carbocycles. The van der Waals surface area contributed by atoms with Gasteiger partial charge in [-0.2, -0.15) is 5.10 Å². The monoisotopic (exact) mass is 326 g/mol. The van der Waals surface area contributed by atoms with Crippen molar-refractivity contribution in [3.05, 3.63) is 46.5 Å². The molecule has 6 heteroatoms. The lowest BCUT2D eigenvalue weighted by molar-refractivity contribution is -0.116. The molecule has 21 heavy (non-hydrogen) atoms. The summed E-state index contributed by atoms with van der Waals surface area (Å²) in [4.78, 5) is 13.0. The molecule has 0 N–H and O–H groups in total. The van der Waals surface area contributed by atoms with Crippen molar-refractivity contribution < 1.29 is 9.18 Å². The SMILES string of the molecule is CCn1nc(C)c(Cl)c1CC(=O)CSc1ccc(F)cc1. The quantitative estimate of drug-likeness (QED) is 0.755. The van der Waals surface area contributed by atoms with Crippen molar-refractivity contribution in [1.29, 1.82) is 0 Å². The molecule has 112 valence electrons. The fourth-order valence-corrected chi connectivity index (χ4v) is 2.93. The third-order valence-electron chi connectivity index (χ3n) is 3.03. The molecule has 1 heterocycles. The van der Waals surface area contributed by atoms with E-state index in [1.165, 1.54) is 23.9 Å². The molecule has 0 bridgehead atoms. The van der Waals surface area contributed by atoms with Crippen LogP contribution in [-0.2, 0) is 17.8 Å². The molecule has 0 saturated heterocycles. The Kier molecular flexibility index (Phi) is 5.42. The van der Waals surface area contributed by atoms with Gasteiger partial charge in [0.1, 0.15) is 11.6 Å². The molecule has 0 atom stereocenters. The summed E-state index contributed by atoms with van der Waals surface area (Å²) in [6.07, 6.45) is 0.266. The van der Waals surface area contributed by atoms with E-state index in [0.717, 1.165) is 16.3 Å². The Hall–Kier alpha value is -1.33. The molecule has 0 saturated carbocycles. The van der Waals surface area contributed by atoms with Crippen LogP contribution in [0.3, 0.4) is 0 Å². The zero-order chi connectivity index (χ0) is 15.4. The van der Waals surface area contributed by atoms with Gasteiger partial charge in [0.25, 0.3) is 0 Å². The number of Topliss-reactive ketones (excluding diaryl/α,β-unsaturated/α-hetero) is 1. The Morgan fingerprint density at radius 2 is 2.05 bits per heavy atom. The van der Waals surface area contributed by atoms with Crippen LogP contribution in [0.25, 0.3) is 0 Å². The first-order valence-electron chi connectivity index (χ1n) is 6.63. The normalized spacial score (nSPS) is 10.9. The molecule has 0 amide bonds. The van der Waals surface area contributed by atoms with Gasteiger partial charge in [-0.1, -0.05) is 11.6 Å². The van der Waals surface area contributed by atoms with Crippen molar-refractivity contribution in [2.24, 2.45) is 0 Å². The molecule has 3 nitrogen and oxygen atoms in total. The number of hydrogen-bond donors (Lipinski definition) is 0. The Bertz CT molecular complexity index is 640. The summed E-state index contributed by atoms with van der Waals surface area (Å²) in [6.45, 7) is 4.47. The van der Waals surface area contributed by atoms with Crippen LogP contribution < -0.4 is 0 Å². The van der Waals surface area contributed by atoms with Crippen molar-refractivity contribution >= 4 is 29.1 Å². The van der Waals surface area contributed by atoms with Gasteiger partial charge in [-0.25, -0.2) is 4.39 Å². The van der Waals surface area contributed by atoms with Gasteiger partial charge in [0.05, 0.1) is 28.6 Å². The fourth-order valence-electron chi connectivity index (χ4n) is 1.97. The molecule has 2 aromatic rings. The maximum absolute atomic E-state index is 12.8. The maximum Gasteiger partial charge on any atom is 0.149 e. The molecular weight excluding hydrogens is 311 g/mol. The highest BCUT2D eigenvalue weighted by molar-refractivity contribution is 8.00. The summed E-state index contributed by atoms with van der Waals surface area (Å²) in [5, 5.41) is 4.86. The minimum absolute atomic E-state index is 0.0702. The number of halogens is 2. The molecule has 0 fully saturated rings. The largest absolute Gasteiger partial charge is 0.298 e. The summed E-state index contributed by atoms with van der Waals surface area (Å²) >= 11 is 7.58. The van der Waals surface area contributed by atoms with Crippen molar-refractivity contribution in [2.45, 2.75) is 31.7 Å². The average molecular weight is 327 g/mol. The predicted octanol–water partition coefficient (Wildman–Crippen LogP) is 3.91. The third-order valence-corrected chi connectivity index (χ3v) is 4.59. The lowest BCUT2D eigenvalue weighted by Gasteiger charge is -2.05. The molecular formula is C15H16ClFN2OS. The summed E-state index contributed by atoms with van der Waals surface area (Å²) in [5.74, 6) is 0.121. The van der Waals surface area contributed by atoms with Crippen molar-refractivity contribution in [3.63, 3.8) is 0 Å². The summed E-state index contributed by atoms with van der Waals surface area (Å²) in [5.41, 5.74) is 1.51. The van der Waals surface area contributed by atoms with Crippen LogP contribution in [0.1, 0.15) is 18.3 Å². The van der Waals surface area contributed by atoms with E-state index in [1.54, 1.807) is 16.8 Å². The first-order chi connectivity index (χ1) is 10.0. The van der Waals surface area contributed by atoms with Gasteiger partial charge < -0.3 is 0 Å². The van der Waals surface area contributed by atoms with Crippen LogP contribution >= 0.6 is 23.4 Å². The Labute approximate surface area is 132 Å². The molecule has 1 aromatic heterocycles. The maximum atomic E-state index is 12.8. The second kappa shape index (κ2) is 7.09. The molecule has 0 aliphatic heterocycles. The number of ketones is 1. The number of aryl methyl sites for hydroxylation is 2. The first kappa shape index (κ1) is 16.0. The summed E-state index contributed by atoms with van der Waals surface area (Å²) in [7, 11) is 0. The fraction of sp³-hybridized carbons (Fsp3) is 0.333. The molecule has 0 spiro atoms. The number of benzene rings is 1. The smallest absolute Gasteiger partial charge is 0.149 e.